The van der Waals surface area contributed by atoms with E-state index in [1.807, 2.05) is 11.7 Å². The maximum Gasteiger partial charge on any atom is 0.150 e. The summed E-state index contributed by atoms with van der Waals surface area (Å²) in [5.74, 6) is 2.00. The lowest BCUT2D eigenvalue weighted by Crippen LogP contribution is -2.43. The van der Waals surface area contributed by atoms with Crippen molar-refractivity contribution in [3.63, 3.8) is 0 Å². The molecule has 1 aromatic heterocycles. The van der Waals surface area contributed by atoms with Gasteiger partial charge in [-0.15, -0.1) is 0 Å². The Morgan fingerprint density at radius 2 is 2.44 bits per heavy atom. The fraction of sp³-hybridized carbons (Fsp3) is 0.818. The smallest absolute Gasteiger partial charge is 0.150 e. The summed E-state index contributed by atoms with van der Waals surface area (Å²) in [7, 11) is 1.96. The quantitative estimate of drug-likeness (QED) is 0.799. The highest BCUT2D eigenvalue weighted by Crippen LogP contribution is 2.05. The molecule has 90 valence electrons. The van der Waals surface area contributed by atoms with Crippen molar-refractivity contribution in [2.45, 2.75) is 32.2 Å². The van der Waals surface area contributed by atoms with Gasteiger partial charge in [-0.3, -0.25) is 4.68 Å². The van der Waals surface area contributed by atoms with Crippen LogP contribution in [0.2, 0.25) is 0 Å². The molecular weight excluding hydrogens is 204 g/mol. The predicted molar refractivity (Wildman–Crippen MR) is 61.3 cm³/mol. The number of hydrogen-bond donors (Lipinski definition) is 1. The van der Waals surface area contributed by atoms with Crippen LogP contribution in [0.4, 0.5) is 0 Å². The molecule has 0 saturated carbocycles. The zero-order valence-corrected chi connectivity index (χ0v) is 10.1. The summed E-state index contributed by atoms with van der Waals surface area (Å²) in [4.78, 5) is 4.55. The molecule has 0 aromatic carbocycles. The molecule has 1 aliphatic heterocycles. The van der Waals surface area contributed by atoms with Crippen molar-refractivity contribution in [1.29, 1.82) is 0 Å². The van der Waals surface area contributed by atoms with Crippen LogP contribution in [0.5, 0.6) is 0 Å². The molecule has 2 heterocycles. The molecule has 0 spiro atoms. The van der Waals surface area contributed by atoms with Gasteiger partial charge in [0.25, 0.3) is 0 Å². The standard InChI is InChI=1S/C11H20N4O/c1-3-4-10-13-11(15(2)14-10)7-9-8-16-6-5-12-9/h9,12H,3-8H2,1-2H3. The first kappa shape index (κ1) is 11.5. The van der Waals surface area contributed by atoms with Crippen LogP contribution in [0.3, 0.4) is 0 Å². The Morgan fingerprint density at radius 3 is 3.12 bits per heavy atom. The van der Waals surface area contributed by atoms with Crippen LogP contribution in [-0.4, -0.2) is 40.6 Å². The third kappa shape index (κ3) is 2.80. The molecule has 1 fully saturated rings. The van der Waals surface area contributed by atoms with Gasteiger partial charge >= 0.3 is 0 Å². The largest absolute Gasteiger partial charge is 0.379 e. The maximum atomic E-state index is 5.43. The Labute approximate surface area is 96.2 Å². The summed E-state index contributed by atoms with van der Waals surface area (Å²) in [5, 5.41) is 7.83. The second-order valence-electron chi connectivity index (χ2n) is 4.25. The number of nitrogens with one attached hydrogen (secondary N) is 1. The minimum Gasteiger partial charge on any atom is -0.379 e. The average Bonchev–Trinajstić information content (AvgIpc) is 2.61. The van der Waals surface area contributed by atoms with E-state index >= 15 is 0 Å². The van der Waals surface area contributed by atoms with E-state index in [0.29, 0.717) is 6.04 Å². The molecule has 0 radical (unpaired) electrons. The van der Waals surface area contributed by atoms with Gasteiger partial charge in [0.05, 0.1) is 13.2 Å². The molecule has 1 aliphatic rings. The summed E-state index contributed by atoms with van der Waals surface area (Å²) in [5.41, 5.74) is 0. The molecule has 1 unspecified atom stereocenters. The van der Waals surface area contributed by atoms with Crippen molar-refractivity contribution < 1.29 is 4.74 Å². The maximum absolute atomic E-state index is 5.43. The van der Waals surface area contributed by atoms with Crippen molar-refractivity contribution in [1.82, 2.24) is 20.1 Å². The predicted octanol–water partition coefficient (Wildman–Crippen LogP) is 0.298. The van der Waals surface area contributed by atoms with E-state index in [1.165, 1.54) is 0 Å². The number of morpholine rings is 1. The lowest BCUT2D eigenvalue weighted by atomic mass is 10.2. The Balaban J connectivity index is 1.96. The highest BCUT2D eigenvalue weighted by atomic mass is 16.5. The first-order valence-corrected chi connectivity index (χ1v) is 5.99. The molecule has 0 aliphatic carbocycles. The second-order valence-corrected chi connectivity index (χ2v) is 4.25. The van der Waals surface area contributed by atoms with E-state index < -0.39 is 0 Å². The zero-order chi connectivity index (χ0) is 11.4. The normalized spacial score (nSPS) is 21.2. The van der Waals surface area contributed by atoms with Crippen molar-refractivity contribution in [2.24, 2.45) is 7.05 Å². The van der Waals surface area contributed by atoms with Gasteiger partial charge in [0.2, 0.25) is 0 Å². The van der Waals surface area contributed by atoms with Crippen LogP contribution >= 0.6 is 0 Å². The fourth-order valence-corrected chi connectivity index (χ4v) is 1.95. The van der Waals surface area contributed by atoms with E-state index in [2.05, 4.69) is 22.3 Å². The summed E-state index contributed by atoms with van der Waals surface area (Å²) in [6.45, 7) is 4.67. The van der Waals surface area contributed by atoms with Crippen LogP contribution < -0.4 is 5.32 Å². The van der Waals surface area contributed by atoms with Gasteiger partial charge in [-0.05, 0) is 6.42 Å². The van der Waals surface area contributed by atoms with Gasteiger partial charge in [0, 0.05) is 32.5 Å². The average molecular weight is 224 g/mol. The van der Waals surface area contributed by atoms with Gasteiger partial charge in [-0.25, -0.2) is 4.98 Å². The van der Waals surface area contributed by atoms with Crippen LogP contribution in [0.1, 0.15) is 25.0 Å². The molecule has 5 nitrogen and oxygen atoms in total. The van der Waals surface area contributed by atoms with Gasteiger partial charge in [-0.1, -0.05) is 6.92 Å². The summed E-state index contributed by atoms with van der Waals surface area (Å²) < 4.78 is 7.32. The van der Waals surface area contributed by atoms with Crippen LogP contribution in [-0.2, 0) is 24.6 Å². The molecule has 1 N–H and O–H groups in total. The third-order valence-corrected chi connectivity index (χ3v) is 2.80. The summed E-state index contributed by atoms with van der Waals surface area (Å²) in [6, 6.07) is 0.381. The van der Waals surface area contributed by atoms with Crippen LogP contribution in [0, 0.1) is 0 Å². The van der Waals surface area contributed by atoms with Crippen LogP contribution in [0.15, 0.2) is 0 Å². The lowest BCUT2D eigenvalue weighted by molar-refractivity contribution is 0.0761. The van der Waals surface area contributed by atoms with E-state index in [9.17, 15) is 0 Å². The highest BCUT2D eigenvalue weighted by molar-refractivity contribution is 4.96. The van der Waals surface area contributed by atoms with Crippen molar-refractivity contribution in [3.8, 4) is 0 Å². The Kier molecular flexibility index (Phi) is 3.90. The first-order chi connectivity index (χ1) is 7.79. The minimum atomic E-state index is 0.381. The molecule has 5 heteroatoms. The summed E-state index contributed by atoms with van der Waals surface area (Å²) >= 11 is 0. The molecule has 16 heavy (non-hydrogen) atoms. The molecule has 1 saturated heterocycles. The minimum absolute atomic E-state index is 0.381. The lowest BCUT2D eigenvalue weighted by Gasteiger charge is -2.23. The molecule has 1 atom stereocenters. The number of aryl methyl sites for hydroxylation is 2. The third-order valence-electron chi connectivity index (χ3n) is 2.80. The zero-order valence-electron chi connectivity index (χ0n) is 10.1. The number of nitrogens with zero attached hydrogens (tertiary/aromatic N) is 3. The Morgan fingerprint density at radius 1 is 1.56 bits per heavy atom. The molecule has 1 aromatic rings. The van der Waals surface area contributed by atoms with Crippen LogP contribution in [0.25, 0.3) is 0 Å². The first-order valence-electron chi connectivity index (χ1n) is 5.99. The fourth-order valence-electron chi connectivity index (χ4n) is 1.95. The number of aromatic nitrogens is 3. The number of rotatable bonds is 4. The Bertz CT molecular complexity index is 331. The molecular formula is C11H20N4O. The van der Waals surface area contributed by atoms with Crippen molar-refractivity contribution >= 4 is 0 Å². The van der Waals surface area contributed by atoms with E-state index in [0.717, 1.165) is 50.7 Å². The molecule has 0 bridgehead atoms. The van der Waals surface area contributed by atoms with Crippen molar-refractivity contribution in [3.05, 3.63) is 11.6 Å². The van der Waals surface area contributed by atoms with Gasteiger partial charge < -0.3 is 10.1 Å². The SMILES string of the molecule is CCCc1nc(CC2COCCN2)n(C)n1. The van der Waals surface area contributed by atoms with Crippen molar-refractivity contribution in [2.75, 3.05) is 19.8 Å². The van der Waals surface area contributed by atoms with Gasteiger partial charge in [0.15, 0.2) is 5.82 Å². The summed E-state index contributed by atoms with van der Waals surface area (Å²) in [6.07, 6.45) is 2.95. The number of hydrogen-bond acceptors (Lipinski definition) is 4. The van der Waals surface area contributed by atoms with Gasteiger partial charge in [-0.2, -0.15) is 5.10 Å². The topological polar surface area (TPSA) is 52.0 Å². The van der Waals surface area contributed by atoms with Gasteiger partial charge in [0.1, 0.15) is 5.82 Å². The van der Waals surface area contributed by atoms with E-state index in [-0.39, 0.29) is 0 Å². The molecule has 2 rings (SSSR count). The van der Waals surface area contributed by atoms with E-state index in [1.54, 1.807) is 0 Å². The Hall–Kier alpha value is -0.940. The monoisotopic (exact) mass is 224 g/mol. The number of ether oxygens (including phenoxy) is 1. The highest BCUT2D eigenvalue weighted by Gasteiger charge is 2.16. The second kappa shape index (κ2) is 5.41. The van der Waals surface area contributed by atoms with E-state index in [4.69, 9.17) is 4.74 Å². The molecule has 0 amide bonds.